The molecule has 11 heavy (non-hydrogen) atoms. The molecule has 0 unspecified atom stereocenters. The van der Waals surface area contributed by atoms with E-state index in [0.717, 1.165) is 26.2 Å². The molecule has 60 valence electrons. The van der Waals surface area contributed by atoms with Gasteiger partial charge in [-0.2, -0.15) is 0 Å². The predicted octanol–water partition coefficient (Wildman–Crippen LogP) is 0.237. The van der Waals surface area contributed by atoms with Crippen LogP contribution in [-0.4, -0.2) is 47.5 Å². The minimum atomic E-state index is 0.929. The number of aliphatic imine (C=N–C) groups is 2. The second-order valence-corrected chi connectivity index (χ2v) is 3.51. The Bertz CT molecular complexity index is 171. The van der Waals surface area contributed by atoms with Crippen molar-refractivity contribution in [2.24, 2.45) is 9.98 Å². The van der Waals surface area contributed by atoms with Gasteiger partial charge in [0, 0.05) is 0 Å². The molecule has 0 N–H and O–H groups in total. The van der Waals surface area contributed by atoms with Crippen molar-refractivity contribution >= 4 is 24.8 Å². The van der Waals surface area contributed by atoms with E-state index in [4.69, 9.17) is 0 Å². The highest BCUT2D eigenvalue weighted by Gasteiger charge is 2.12. The van der Waals surface area contributed by atoms with E-state index in [1.165, 1.54) is 0 Å². The van der Waals surface area contributed by atoms with Crippen LogP contribution in [-0.2, 0) is 0 Å². The molecule has 0 amide bonds. The van der Waals surface area contributed by atoms with E-state index >= 15 is 0 Å². The summed E-state index contributed by atoms with van der Waals surface area (Å²) >= 11 is 1.68. The van der Waals surface area contributed by atoms with E-state index in [9.17, 15) is 0 Å². The molecular weight excluding hydrogens is 160 g/mol. The molecule has 0 fully saturated rings. The number of hydrogen-bond donors (Lipinski definition) is 0. The fourth-order valence-corrected chi connectivity index (χ4v) is 1.80. The van der Waals surface area contributed by atoms with Gasteiger partial charge in [-0.15, -0.1) is 0 Å². The van der Waals surface area contributed by atoms with Crippen LogP contribution in [0, 0.1) is 0 Å². The summed E-state index contributed by atoms with van der Waals surface area (Å²) < 4.78 is 4.24. The molecule has 5 heteroatoms. The number of nitrogens with zero attached hydrogens (tertiary/aromatic N) is 4. The summed E-state index contributed by atoms with van der Waals surface area (Å²) in [7, 11) is 0. The summed E-state index contributed by atoms with van der Waals surface area (Å²) in [6, 6.07) is 0. The molecule has 0 spiro atoms. The van der Waals surface area contributed by atoms with E-state index < -0.39 is 0 Å². The lowest BCUT2D eigenvalue weighted by molar-refractivity contribution is 0.675. The summed E-state index contributed by atoms with van der Waals surface area (Å²) in [5.74, 6) is 0. The van der Waals surface area contributed by atoms with E-state index in [-0.39, 0.29) is 0 Å². The lowest BCUT2D eigenvalue weighted by Gasteiger charge is -2.18. The third-order valence-electron chi connectivity index (χ3n) is 1.53. The molecule has 0 aromatic rings. The van der Waals surface area contributed by atoms with Gasteiger partial charge in [0.1, 0.15) is 0 Å². The van der Waals surface area contributed by atoms with Crippen molar-refractivity contribution in [2.75, 3.05) is 26.2 Å². The van der Waals surface area contributed by atoms with Crippen LogP contribution in [0.5, 0.6) is 0 Å². The smallest absolute Gasteiger partial charge is 0.0964 e. The van der Waals surface area contributed by atoms with E-state index in [1.807, 2.05) is 12.7 Å². The van der Waals surface area contributed by atoms with Gasteiger partial charge < -0.3 is 0 Å². The Labute approximate surface area is 70.3 Å². The molecular formula is C6H10N4S. The number of rotatable bonds is 2. The topological polar surface area (TPSA) is 31.2 Å². The van der Waals surface area contributed by atoms with Gasteiger partial charge in [0.05, 0.1) is 51.0 Å². The minimum absolute atomic E-state index is 0.929. The molecule has 0 aromatic carbocycles. The Balaban J connectivity index is 1.80. The van der Waals surface area contributed by atoms with Crippen molar-refractivity contribution in [3.05, 3.63) is 0 Å². The Morgan fingerprint density at radius 1 is 1.00 bits per heavy atom. The zero-order chi connectivity index (χ0) is 7.52. The van der Waals surface area contributed by atoms with Crippen LogP contribution in [0.3, 0.4) is 0 Å². The van der Waals surface area contributed by atoms with Gasteiger partial charge >= 0.3 is 0 Å². The summed E-state index contributed by atoms with van der Waals surface area (Å²) in [6.07, 6.45) is 3.77. The second kappa shape index (κ2) is 3.13. The quantitative estimate of drug-likeness (QED) is 0.556. The van der Waals surface area contributed by atoms with Crippen LogP contribution in [0.2, 0.25) is 0 Å². The van der Waals surface area contributed by atoms with Crippen LogP contribution in [0.4, 0.5) is 0 Å². The average Bonchev–Trinajstić information content (AvgIpc) is 2.60. The monoisotopic (exact) mass is 170 g/mol. The molecule has 4 nitrogen and oxygen atoms in total. The molecule has 2 aliphatic heterocycles. The van der Waals surface area contributed by atoms with Gasteiger partial charge in [0.2, 0.25) is 0 Å². The SMILES string of the molecule is C1=NCCN1SN1C=NCC1. The number of hydrogen-bond acceptors (Lipinski definition) is 5. The van der Waals surface area contributed by atoms with Crippen LogP contribution in [0.15, 0.2) is 9.98 Å². The fraction of sp³-hybridized carbons (Fsp3) is 0.667. The summed E-state index contributed by atoms with van der Waals surface area (Å²) in [5.41, 5.74) is 0. The molecule has 0 aromatic heterocycles. The van der Waals surface area contributed by atoms with Gasteiger partial charge in [-0.25, -0.2) is 0 Å². The first-order valence-corrected chi connectivity index (χ1v) is 4.39. The average molecular weight is 170 g/mol. The molecule has 0 bridgehead atoms. The zero-order valence-electron chi connectivity index (χ0n) is 6.18. The predicted molar refractivity (Wildman–Crippen MR) is 47.7 cm³/mol. The van der Waals surface area contributed by atoms with E-state index in [0.29, 0.717) is 0 Å². The van der Waals surface area contributed by atoms with Gasteiger partial charge in [-0.1, -0.05) is 0 Å². The van der Waals surface area contributed by atoms with Crippen molar-refractivity contribution in [3.63, 3.8) is 0 Å². The lowest BCUT2D eigenvalue weighted by atomic mass is 10.7. The normalized spacial score (nSPS) is 22.2. The van der Waals surface area contributed by atoms with Crippen LogP contribution < -0.4 is 0 Å². The summed E-state index contributed by atoms with van der Waals surface area (Å²) in [6.45, 7) is 3.90. The van der Waals surface area contributed by atoms with Crippen LogP contribution in [0.25, 0.3) is 0 Å². The molecule has 2 aliphatic rings. The highest BCUT2D eigenvalue weighted by Crippen LogP contribution is 2.16. The maximum Gasteiger partial charge on any atom is 0.0964 e. The van der Waals surface area contributed by atoms with Crippen molar-refractivity contribution < 1.29 is 0 Å². The molecule has 2 rings (SSSR count). The lowest BCUT2D eigenvalue weighted by Crippen LogP contribution is -2.20. The third kappa shape index (κ3) is 1.65. The maximum atomic E-state index is 4.12. The van der Waals surface area contributed by atoms with Crippen molar-refractivity contribution in [3.8, 4) is 0 Å². The third-order valence-corrected chi connectivity index (χ3v) is 2.50. The van der Waals surface area contributed by atoms with Crippen LogP contribution in [0.1, 0.15) is 0 Å². The molecule has 0 saturated heterocycles. The first-order chi connectivity index (χ1) is 5.45. The van der Waals surface area contributed by atoms with Gasteiger partial charge in [-0.3, -0.25) is 18.6 Å². The molecule has 0 radical (unpaired) electrons. The zero-order valence-corrected chi connectivity index (χ0v) is 7.00. The molecule has 2 heterocycles. The Morgan fingerprint density at radius 3 is 1.91 bits per heavy atom. The Morgan fingerprint density at radius 2 is 1.55 bits per heavy atom. The molecule has 0 saturated carbocycles. The van der Waals surface area contributed by atoms with E-state index in [1.54, 1.807) is 12.1 Å². The van der Waals surface area contributed by atoms with Crippen molar-refractivity contribution in [1.29, 1.82) is 0 Å². The maximum absolute atomic E-state index is 4.12. The van der Waals surface area contributed by atoms with Crippen molar-refractivity contribution in [1.82, 2.24) is 8.61 Å². The summed E-state index contributed by atoms with van der Waals surface area (Å²) in [4.78, 5) is 8.23. The van der Waals surface area contributed by atoms with Gasteiger partial charge in [0.15, 0.2) is 0 Å². The standard InChI is InChI=1S/C6H10N4S/c1-3-9(5-7-1)11-10-4-2-8-6-10/h5-6H,1-4H2. The molecule has 0 aliphatic carbocycles. The first-order valence-electron chi connectivity index (χ1n) is 3.66. The summed E-state index contributed by atoms with van der Waals surface area (Å²) in [5, 5.41) is 0. The second-order valence-electron chi connectivity index (χ2n) is 2.41. The minimum Gasteiger partial charge on any atom is -0.287 e. The van der Waals surface area contributed by atoms with Gasteiger partial charge in [-0.05, 0) is 0 Å². The highest BCUT2D eigenvalue weighted by atomic mass is 32.2. The highest BCUT2D eigenvalue weighted by molar-refractivity contribution is 7.95. The van der Waals surface area contributed by atoms with Crippen molar-refractivity contribution in [2.45, 2.75) is 0 Å². The Kier molecular flexibility index (Phi) is 1.98. The fourth-order valence-electron chi connectivity index (χ4n) is 0.984. The first kappa shape index (κ1) is 6.97. The Hall–Kier alpha value is -0.710. The van der Waals surface area contributed by atoms with E-state index in [2.05, 4.69) is 18.6 Å². The van der Waals surface area contributed by atoms with Crippen LogP contribution >= 0.6 is 12.1 Å². The largest absolute Gasteiger partial charge is 0.287 e. The molecule has 0 atom stereocenters. The van der Waals surface area contributed by atoms with Gasteiger partial charge in [0.25, 0.3) is 0 Å².